The van der Waals surface area contributed by atoms with Crippen molar-refractivity contribution >= 4 is 0 Å². The molecule has 2 atom stereocenters. The molecule has 2 aromatic carbocycles. The van der Waals surface area contributed by atoms with E-state index in [4.69, 9.17) is 20.9 Å². The monoisotopic (exact) mass is 300 g/mol. The molecule has 0 fully saturated rings. The Morgan fingerprint density at radius 3 is 1.82 bits per heavy atom. The van der Waals surface area contributed by atoms with E-state index in [2.05, 4.69) is 12.1 Å². The summed E-state index contributed by atoms with van der Waals surface area (Å²) in [7, 11) is 3.31. The summed E-state index contributed by atoms with van der Waals surface area (Å²) < 4.78 is 10.3. The van der Waals surface area contributed by atoms with E-state index in [-0.39, 0.29) is 12.1 Å². The molecule has 0 bridgehead atoms. The lowest BCUT2D eigenvalue weighted by Gasteiger charge is -2.20. The van der Waals surface area contributed by atoms with Crippen LogP contribution in [-0.4, -0.2) is 20.3 Å². The number of ether oxygens (including phenoxy) is 2. The molecule has 0 aromatic heterocycles. The van der Waals surface area contributed by atoms with Crippen LogP contribution in [0.25, 0.3) is 0 Å². The summed E-state index contributed by atoms with van der Waals surface area (Å²) in [5, 5.41) is 0. The second-order valence-corrected chi connectivity index (χ2v) is 5.35. The Morgan fingerprint density at radius 2 is 1.32 bits per heavy atom. The summed E-state index contributed by atoms with van der Waals surface area (Å²) in [4.78, 5) is 0. The van der Waals surface area contributed by atoms with Gasteiger partial charge in [-0.2, -0.15) is 0 Å². The topological polar surface area (TPSA) is 70.5 Å². The number of rotatable bonds is 7. The molecular weight excluding hydrogens is 276 g/mol. The first-order chi connectivity index (χ1) is 10.6. The van der Waals surface area contributed by atoms with E-state index >= 15 is 0 Å². The van der Waals surface area contributed by atoms with E-state index in [0.717, 1.165) is 29.9 Å². The van der Waals surface area contributed by atoms with Gasteiger partial charge in [-0.3, -0.25) is 0 Å². The molecule has 2 unspecified atom stereocenters. The fourth-order valence-electron chi connectivity index (χ4n) is 2.38. The van der Waals surface area contributed by atoms with Crippen LogP contribution in [0.3, 0.4) is 0 Å². The Balaban J connectivity index is 1.90. The van der Waals surface area contributed by atoms with Gasteiger partial charge in [0.1, 0.15) is 11.5 Å². The fourth-order valence-corrected chi connectivity index (χ4v) is 2.38. The predicted octanol–water partition coefficient (Wildman–Crippen LogP) is 2.66. The summed E-state index contributed by atoms with van der Waals surface area (Å²) >= 11 is 0. The summed E-state index contributed by atoms with van der Waals surface area (Å²) in [5.74, 6) is 1.69. The van der Waals surface area contributed by atoms with Crippen molar-refractivity contribution in [2.24, 2.45) is 11.5 Å². The Labute approximate surface area is 132 Å². The van der Waals surface area contributed by atoms with Crippen LogP contribution in [-0.2, 0) is 6.42 Å². The van der Waals surface area contributed by atoms with Crippen LogP contribution >= 0.6 is 0 Å². The van der Waals surface area contributed by atoms with Crippen LogP contribution in [0.5, 0.6) is 11.5 Å². The van der Waals surface area contributed by atoms with Crippen molar-refractivity contribution < 1.29 is 9.47 Å². The molecule has 0 radical (unpaired) electrons. The molecule has 0 heterocycles. The van der Waals surface area contributed by atoms with E-state index in [9.17, 15) is 0 Å². The molecule has 4 N–H and O–H groups in total. The molecule has 4 nitrogen and oxygen atoms in total. The van der Waals surface area contributed by atoms with Crippen LogP contribution in [0.2, 0.25) is 0 Å². The molecule has 0 spiro atoms. The van der Waals surface area contributed by atoms with Gasteiger partial charge in [0.15, 0.2) is 0 Å². The Kier molecular flexibility index (Phi) is 5.81. The van der Waals surface area contributed by atoms with Crippen LogP contribution in [0.4, 0.5) is 0 Å². The number of benzene rings is 2. The van der Waals surface area contributed by atoms with Crippen LogP contribution in [0.1, 0.15) is 23.6 Å². The Bertz CT molecular complexity index is 567. The highest BCUT2D eigenvalue weighted by Crippen LogP contribution is 2.20. The molecule has 118 valence electrons. The Hall–Kier alpha value is -2.04. The van der Waals surface area contributed by atoms with Crippen molar-refractivity contribution in [3.63, 3.8) is 0 Å². The fraction of sp³-hybridized carbons (Fsp3) is 0.333. The van der Waals surface area contributed by atoms with Crippen LogP contribution in [0.15, 0.2) is 48.5 Å². The van der Waals surface area contributed by atoms with E-state index in [1.165, 1.54) is 5.56 Å². The molecule has 4 heteroatoms. The highest BCUT2D eigenvalue weighted by molar-refractivity contribution is 5.30. The van der Waals surface area contributed by atoms with Gasteiger partial charge >= 0.3 is 0 Å². The quantitative estimate of drug-likeness (QED) is 0.824. The lowest BCUT2D eigenvalue weighted by atomic mass is 9.95. The standard InChI is InChI=1S/C18H24N2O2/c1-21-15-8-3-13(4-9-15)5-12-17(19)18(20)14-6-10-16(22-2)11-7-14/h3-4,6-11,17-18H,5,12,19-20H2,1-2H3. The zero-order valence-corrected chi connectivity index (χ0v) is 13.2. The van der Waals surface area contributed by atoms with Gasteiger partial charge in [0.05, 0.1) is 14.2 Å². The molecule has 0 aliphatic heterocycles. The van der Waals surface area contributed by atoms with Gasteiger partial charge in [0, 0.05) is 12.1 Å². The first-order valence-electron chi connectivity index (χ1n) is 7.42. The number of nitrogens with two attached hydrogens (primary N) is 2. The minimum Gasteiger partial charge on any atom is -0.497 e. The lowest BCUT2D eigenvalue weighted by Crippen LogP contribution is -2.34. The van der Waals surface area contributed by atoms with Gasteiger partial charge in [-0.05, 0) is 48.2 Å². The largest absolute Gasteiger partial charge is 0.497 e. The number of hydrogen-bond acceptors (Lipinski definition) is 4. The second kappa shape index (κ2) is 7.82. The van der Waals surface area contributed by atoms with Crippen LogP contribution in [0, 0.1) is 0 Å². The minimum atomic E-state index is -0.177. The van der Waals surface area contributed by atoms with Gasteiger partial charge in [0.25, 0.3) is 0 Å². The first kappa shape index (κ1) is 16.3. The first-order valence-corrected chi connectivity index (χ1v) is 7.42. The summed E-state index contributed by atoms with van der Waals surface area (Å²) in [5.41, 5.74) is 14.8. The third-order valence-corrected chi connectivity index (χ3v) is 3.89. The maximum absolute atomic E-state index is 6.25. The summed E-state index contributed by atoms with van der Waals surface area (Å²) in [6.07, 6.45) is 1.73. The van der Waals surface area contributed by atoms with Gasteiger partial charge in [-0.1, -0.05) is 24.3 Å². The highest BCUT2D eigenvalue weighted by atomic mass is 16.5. The smallest absolute Gasteiger partial charge is 0.118 e. The SMILES string of the molecule is COc1ccc(CCC(N)C(N)c2ccc(OC)cc2)cc1. The molecule has 0 amide bonds. The third-order valence-electron chi connectivity index (χ3n) is 3.89. The molecule has 0 aliphatic rings. The zero-order valence-electron chi connectivity index (χ0n) is 13.2. The molecule has 2 rings (SSSR count). The zero-order chi connectivity index (χ0) is 15.9. The number of methoxy groups -OCH3 is 2. The molecular formula is C18H24N2O2. The van der Waals surface area contributed by atoms with E-state index in [0.29, 0.717) is 0 Å². The lowest BCUT2D eigenvalue weighted by molar-refractivity contribution is 0.414. The normalized spacial score (nSPS) is 13.5. The molecule has 0 aliphatic carbocycles. The highest BCUT2D eigenvalue weighted by Gasteiger charge is 2.15. The van der Waals surface area contributed by atoms with Crippen molar-refractivity contribution in [1.29, 1.82) is 0 Å². The average Bonchev–Trinajstić information content (AvgIpc) is 2.59. The summed E-state index contributed by atoms with van der Waals surface area (Å²) in [6.45, 7) is 0. The van der Waals surface area contributed by atoms with Gasteiger partial charge in [0.2, 0.25) is 0 Å². The van der Waals surface area contributed by atoms with Crippen molar-refractivity contribution in [3.05, 3.63) is 59.7 Å². The van der Waals surface area contributed by atoms with Crippen molar-refractivity contribution in [2.45, 2.75) is 24.9 Å². The van der Waals surface area contributed by atoms with E-state index in [1.807, 2.05) is 36.4 Å². The second-order valence-electron chi connectivity index (χ2n) is 5.35. The van der Waals surface area contributed by atoms with Crippen molar-refractivity contribution in [1.82, 2.24) is 0 Å². The number of hydrogen-bond donors (Lipinski definition) is 2. The summed E-state index contributed by atoms with van der Waals surface area (Å²) in [6, 6.07) is 15.5. The van der Waals surface area contributed by atoms with Gasteiger partial charge in [-0.25, -0.2) is 0 Å². The van der Waals surface area contributed by atoms with Gasteiger partial charge < -0.3 is 20.9 Å². The predicted molar refractivity (Wildman–Crippen MR) is 89.2 cm³/mol. The van der Waals surface area contributed by atoms with E-state index in [1.54, 1.807) is 14.2 Å². The Morgan fingerprint density at radius 1 is 0.818 bits per heavy atom. The van der Waals surface area contributed by atoms with E-state index < -0.39 is 0 Å². The number of aryl methyl sites for hydroxylation is 1. The maximum Gasteiger partial charge on any atom is 0.118 e. The van der Waals surface area contributed by atoms with Crippen molar-refractivity contribution in [2.75, 3.05) is 14.2 Å². The maximum atomic E-state index is 6.25. The van der Waals surface area contributed by atoms with Crippen molar-refractivity contribution in [3.8, 4) is 11.5 Å². The average molecular weight is 300 g/mol. The molecule has 0 saturated carbocycles. The molecule has 22 heavy (non-hydrogen) atoms. The molecule has 0 saturated heterocycles. The van der Waals surface area contributed by atoms with Crippen LogP contribution < -0.4 is 20.9 Å². The molecule has 2 aromatic rings. The van der Waals surface area contributed by atoms with Gasteiger partial charge in [-0.15, -0.1) is 0 Å². The minimum absolute atomic E-state index is 0.0875. The third kappa shape index (κ3) is 4.23.